The van der Waals surface area contributed by atoms with Gasteiger partial charge in [0.2, 0.25) is 0 Å². The van der Waals surface area contributed by atoms with Crippen molar-refractivity contribution in [2.24, 2.45) is 11.8 Å². The third-order valence-corrected chi connectivity index (χ3v) is 7.75. The highest BCUT2D eigenvalue weighted by atomic mass is 16.5. The number of hydrogen-bond donors (Lipinski definition) is 0. The van der Waals surface area contributed by atoms with E-state index in [1.54, 1.807) is 6.20 Å². The number of aryl methyl sites for hydroxylation is 1. The van der Waals surface area contributed by atoms with E-state index in [-0.39, 0.29) is 30.9 Å². The molecule has 0 radical (unpaired) electrons. The third kappa shape index (κ3) is 13.7. The van der Waals surface area contributed by atoms with Crippen molar-refractivity contribution in [2.45, 2.75) is 112 Å². The lowest BCUT2D eigenvalue weighted by Crippen LogP contribution is -2.20. The Morgan fingerprint density at radius 2 is 1.58 bits per heavy atom. The molecule has 244 valence electrons. The van der Waals surface area contributed by atoms with Gasteiger partial charge in [0, 0.05) is 18.2 Å². The summed E-state index contributed by atoms with van der Waals surface area (Å²) in [5.41, 5.74) is 3.32. The molecule has 1 aromatic heterocycles. The van der Waals surface area contributed by atoms with Crippen LogP contribution in [0.3, 0.4) is 0 Å². The fourth-order valence-electron chi connectivity index (χ4n) is 5.01. The normalized spacial score (nSPS) is 12.4. The second kappa shape index (κ2) is 23.4. The largest absolute Gasteiger partial charge is 0.465 e. The molecule has 2 rings (SSSR count). The molecular formula is C38H53N3O4. The molecule has 0 fully saturated rings. The van der Waals surface area contributed by atoms with Crippen LogP contribution in [0, 0.1) is 41.4 Å². The van der Waals surface area contributed by atoms with Crippen molar-refractivity contribution in [1.29, 1.82) is 10.5 Å². The number of benzene rings is 1. The summed E-state index contributed by atoms with van der Waals surface area (Å²) >= 11 is 0. The van der Waals surface area contributed by atoms with Crippen LogP contribution < -0.4 is 0 Å². The number of ether oxygens (including phenoxy) is 2. The van der Waals surface area contributed by atoms with Crippen LogP contribution in [0.2, 0.25) is 0 Å². The molecule has 2 aromatic rings. The molecular weight excluding hydrogens is 562 g/mol. The molecule has 7 heteroatoms. The van der Waals surface area contributed by atoms with Gasteiger partial charge in [-0.1, -0.05) is 110 Å². The van der Waals surface area contributed by atoms with E-state index in [1.165, 1.54) is 0 Å². The van der Waals surface area contributed by atoms with Crippen LogP contribution >= 0.6 is 0 Å². The zero-order valence-corrected chi connectivity index (χ0v) is 28.4. The lowest BCUT2D eigenvalue weighted by Gasteiger charge is -2.18. The number of nitriles is 2. The molecule has 0 N–H and O–H groups in total. The van der Waals surface area contributed by atoms with Gasteiger partial charge < -0.3 is 9.47 Å². The number of rotatable bonds is 19. The van der Waals surface area contributed by atoms with E-state index in [0.717, 1.165) is 74.5 Å². The Morgan fingerprint density at radius 1 is 0.889 bits per heavy atom. The van der Waals surface area contributed by atoms with Crippen LogP contribution in [-0.4, -0.2) is 30.1 Å². The first-order chi connectivity index (χ1) is 21.9. The number of esters is 2. The van der Waals surface area contributed by atoms with E-state index < -0.39 is 17.9 Å². The zero-order valence-electron chi connectivity index (χ0n) is 28.4. The molecule has 0 spiro atoms. The monoisotopic (exact) mass is 615 g/mol. The van der Waals surface area contributed by atoms with Crippen molar-refractivity contribution in [3.8, 4) is 12.1 Å². The highest BCUT2D eigenvalue weighted by Crippen LogP contribution is 2.28. The molecule has 0 saturated carbocycles. The smallest absolute Gasteiger partial charge is 0.349 e. The standard InChI is InChI=1S/C36H47N3O4.C2H6/c1-5-8-10-14-21-42-35(40)31(24-37)22-29-18-12-13-19-30(29)23-32(34-27(4)16-15-20-39-34)33(25-38)36(41)43-26-28(7-3)17-11-9-6-2;1-2/h12-13,15-16,18-20,28,31H,5-11,14,17,21-23,26H2,1-4H3;1-2H3/b33-32+;. The Morgan fingerprint density at radius 3 is 2.20 bits per heavy atom. The van der Waals surface area contributed by atoms with E-state index in [2.05, 4.69) is 37.9 Å². The first-order valence-corrected chi connectivity index (χ1v) is 16.7. The minimum Gasteiger partial charge on any atom is -0.465 e. The molecule has 0 saturated heterocycles. The maximum atomic E-state index is 13.4. The van der Waals surface area contributed by atoms with Gasteiger partial charge in [-0.3, -0.25) is 9.78 Å². The van der Waals surface area contributed by atoms with Gasteiger partial charge in [-0.2, -0.15) is 10.5 Å². The van der Waals surface area contributed by atoms with Crippen molar-refractivity contribution >= 4 is 17.5 Å². The number of hydrogen-bond acceptors (Lipinski definition) is 7. The molecule has 0 aliphatic carbocycles. The van der Waals surface area contributed by atoms with Gasteiger partial charge in [-0.25, -0.2) is 4.79 Å². The summed E-state index contributed by atoms with van der Waals surface area (Å²) in [6.07, 6.45) is 11.1. The summed E-state index contributed by atoms with van der Waals surface area (Å²) in [5, 5.41) is 20.0. The summed E-state index contributed by atoms with van der Waals surface area (Å²) in [6.45, 7) is 12.8. The number of pyridine rings is 1. The molecule has 0 bridgehead atoms. The predicted octanol–water partition coefficient (Wildman–Crippen LogP) is 8.89. The van der Waals surface area contributed by atoms with Crippen LogP contribution in [0.25, 0.3) is 5.57 Å². The number of carbonyl (C=O) groups is 2. The summed E-state index contributed by atoms with van der Waals surface area (Å²) < 4.78 is 11.1. The first-order valence-electron chi connectivity index (χ1n) is 16.7. The maximum absolute atomic E-state index is 13.4. The van der Waals surface area contributed by atoms with Crippen LogP contribution in [0.5, 0.6) is 0 Å². The maximum Gasteiger partial charge on any atom is 0.349 e. The van der Waals surface area contributed by atoms with Crippen LogP contribution in [0.15, 0.2) is 48.2 Å². The van der Waals surface area contributed by atoms with E-state index in [9.17, 15) is 20.1 Å². The topological polar surface area (TPSA) is 113 Å². The van der Waals surface area contributed by atoms with Gasteiger partial charge in [-0.15, -0.1) is 0 Å². The first kappa shape index (κ1) is 39.1. The number of aromatic nitrogens is 1. The lowest BCUT2D eigenvalue weighted by molar-refractivity contribution is -0.146. The molecule has 0 aliphatic heterocycles. The molecule has 2 atom stereocenters. The van der Waals surface area contributed by atoms with Crippen molar-refractivity contribution in [3.05, 3.63) is 70.6 Å². The number of carbonyl (C=O) groups excluding carboxylic acids is 2. The molecule has 0 aliphatic rings. The third-order valence-electron chi connectivity index (χ3n) is 7.75. The van der Waals surface area contributed by atoms with Crippen molar-refractivity contribution < 1.29 is 19.1 Å². The number of allylic oxidation sites excluding steroid dienone is 1. The van der Waals surface area contributed by atoms with E-state index in [1.807, 2.05) is 57.2 Å². The minimum absolute atomic E-state index is 0.0802. The molecule has 1 heterocycles. The van der Waals surface area contributed by atoms with Crippen LogP contribution in [0.4, 0.5) is 0 Å². The molecule has 2 unspecified atom stereocenters. The predicted molar refractivity (Wildman–Crippen MR) is 180 cm³/mol. The number of unbranched alkanes of at least 4 members (excludes halogenated alkanes) is 5. The van der Waals surface area contributed by atoms with Crippen LogP contribution in [0.1, 0.15) is 115 Å². The highest BCUT2D eigenvalue weighted by Gasteiger charge is 2.25. The lowest BCUT2D eigenvalue weighted by atomic mass is 9.89. The SMILES string of the molecule is CC.CCCCCCOC(=O)C(C#N)Cc1ccccc1C/C(=C(/C#N)C(=O)OCC(CC)CCCCC)c1ncccc1C. The van der Waals surface area contributed by atoms with E-state index in [0.29, 0.717) is 17.9 Å². The Labute approximate surface area is 271 Å². The summed E-state index contributed by atoms with van der Waals surface area (Å²) in [6, 6.07) is 15.4. The second-order valence-corrected chi connectivity index (χ2v) is 11.1. The Bertz CT molecular complexity index is 1290. The summed E-state index contributed by atoms with van der Waals surface area (Å²) in [5.74, 6) is -1.91. The Hall–Kier alpha value is -3.97. The average molecular weight is 616 g/mol. The van der Waals surface area contributed by atoms with Gasteiger partial charge in [0.15, 0.2) is 0 Å². The summed E-state index contributed by atoms with van der Waals surface area (Å²) in [7, 11) is 0. The Kier molecular flexibility index (Phi) is 20.3. The molecule has 7 nitrogen and oxygen atoms in total. The molecule has 45 heavy (non-hydrogen) atoms. The Balaban J connectivity index is 0.00000496. The highest BCUT2D eigenvalue weighted by molar-refractivity contribution is 6.02. The zero-order chi connectivity index (χ0) is 33.5. The van der Waals surface area contributed by atoms with E-state index >= 15 is 0 Å². The fraction of sp³-hybridized carbons (Fsp3) is 0.553. The van der Waals surface area contributed by atoms with Crippen molar-refractivity contribution in [3.63, 3.8) is 0 Å². The van der Waals surface area contributed by atoms with Crippen molar-refractivity contribution in [1.82, 2.24) is 4.98 Å². The average Bonchev–Trinajstić information content (AvgIpc) is 3.06. The quantitative estimate of drug-likeness (QED) is 0.0671. The summed E-state index contributed by atoms with van der Waals surface area (Å²) in [4.78, 5) is 30.6. The molecule has 1 aromatic carbocycles. The fourth-order valence-corrected chi connectivity index (χ4v) is 5.01. The second-order valence-electron chi connectivity index (χ2n) is 11.1. The van der Waals surface area contributed by atoms with Gasteiger partial charge in [-0.05, 0) is 54.9 Å². The van der Waals surface area contributed by atoms with Crippen LogP contribution in [-0.2, 0) is 31.9 Å². The number of nitrogens with zero attached hydrogens (tertiary/aromatic N) is 3. The van der Waals surface area contributed by atoms with E-state index in [4.69, 9.17) is 9.47 Å². The minimum atomic E-state index is -0.963. The van der Waals surface area contributed by atoms with Gasteiger partial charge in [0.1, 0.15) is 17.6 Å². The van der Waals surface area contributed by atoms with Gasteiger partial charge >= 0.3 is 11.9 Å². The van der Waals surface area contributed by atoms with Gasteiger partial charge in [0.05, 0.1) is 25.0 Å². The van der Waals surface area contributed by atoms with Gasteiger partial charge in [0.25, 0.3) is 0 Å². The van der Waals surface area contributed by atoms with Crippen molar-refractivity contribution in [2.75, 3.05) is 13.2 Å². The molecule has 0 amide bonds.